The predicted molar refractivity (Wildman–Crippen MR) is 65.2 cm³/mol. The van der Waals surface area contributed by atoms with Crippen LogP contribution in [0.1, 0.15) is 24.8 Å². The van der Waals surface area contributed by atoms with Gasteiger partial charge in [-0.3, -0.25) is 23.5 Å². The van der Waals surface area contributed by atoms with E-state index in [1.54, 1.807) is 6.92 Å². The molecule has 19 heavy (non-hydrogen) atoms. The second-order valence-electron chi connectivity index (χ2n) is 4.30. The van der Waals surface area contributed by atoms with E-state index in [1.807, 2.05) is 0 Å². The lowest BCUT2D eigenvalue weighted by Gasteiger charge is -2.25. The monoisotopic (exact) mass is 267 g/mol. The SMILES string of the molecule is CCn1c2c(c(=O)n(C)c1=O)[C@@H](C(=O)O)CC(=O)N2. The first kappa shape index (κ1) is 13.1. The van der Waals surface area contributed by atoms with E-state index in [1.165, 1.54) is 11.6 Å². The zero-order valence-electron chi connectivity index (χ0n) is 10.5. The highest BCUT2D eigenvalue weighted by Crippen LogP contribution is 2.28. The second-order valence-corrected chi connectivity index (χ2v) is 4.30. The fraction of sp³-hybridized carbons (Fsp3) is 0.455. The van der Waals surface area contributed by atoms with Crippen molar-refractivity contribution in [1.82, 2.24) is 9.13 Å². The molecule has 8 nitrogen and oxygen atoms in total. The third-order valence-electron chi connectivity index (χ3n) is 3.19. The lowest BCUT2D eigenvalue weighted by atomic mass is 9.93. The molecular formula is C11H13N3O5. The molecule has 8 heteroatoms. The van der Waals surface area contributed by atoms with Crippen LogP contribution in [0.15, 0.2) is 9.59 Å². The van der Waals surface area contributed by atoms with E-state index in [0.29, 0.717) is 0 Å². The van der Waals surface area contributed by atoms with Gasteiger partial charge >= 0.3 is 11.7 Å². The molecule has 0 spiro atoms. The van der Waals surface area contributed by atoms with Gasteiger partial charge in [-0.05, 0) is 6.92 Å². The molecule has 0 saturated carbocycles. The van der Waals surface area contributed by atoms with E-state index in [9.17, 15) is 19.2 Å². The summed E-state index contributed by atoms with van der Waals surface area (Å²) in [6.45, 7) is 1.89. The highest BCUT2D eigenvalue weighted by atomic mass is 16.4. The van der Waals surface area contributed by atoms with Gasteiger partial charge in [0.1, 0.15) is 5.82 Å². The van der Waals surface area contributed by atoms with E-state index in [-0.39, 0.29) is 24.3 Å². The summed E-state index contributed by atoms with van der Waals surface area (Å²) >= 11 is 0. The summed E-state index contributed by atoms with van der Waals surface area (Å²) in [5.74, 6) is -3.00. The van der Waals surface area contributed by atoms with E-state index in [4.69, 9.17) is 5.11 Å². The Morgan fingerprint density at radius 1 is 1.42 bits per heavy atom. The summed E-state index contributed by atoms with van der Waals surface area (Å²) in [6, 6.07) is 0. The number of carboxylic acids is 1. The van der Waals surface area contributed by atoms with Gasteiger partial charge in [0.05, 0.1) is 11.5 Å². The van der Waals surface area contributed by atoms with Crippen molar-refractivity contribution >= 4 is 17.7 Å². The first-order chi connectivity index (χ1) is 8.88. The Morgan fingerprint density at radius 3 is 2.58 bits per heavy atom. The van der Waals surface area contributed by atoms with Crippen LogP contribution in [0.5, 0.6) is 0 Å². The molecule has 0 aromatic carbocycles. The average molecular weight is 267 g/mol. The molecular weight excluding hydrogens is 254 g/mol. The number of aliphatic carboxylic acids is 1. The molecule has 0 bridgehead atoms. The highest BCUT2D eigenvalue weighted by molar-refractivity contribution is 5.98. The van der Waals surface area contributed by atoms with Crippen molar-refractivity contribution in [2.45, 2.75) is 25.8 Å². The van der Waals surface area contributed by atoms with Crippen LogP contribution >= 0.6 is 0 Å². The highest BCUT2D eigenvalue weighted by Gasteiger charge is 2.35. The van der Waals surface area contributed by atoms with Crippen molar-refractivity contribution in [2.24, 2.45) is 7.05 Å². The zero-order chi connectivity index (χ0) is 14.3. The Kier molecular flexibility index (Phi) is 3.01. The van der Waals surface area contributed by atoms with E-state index >= 15 is 0 Å². The third kappa shape index (κ3) is 1.85. The molecule has 2 heterocycles. The lowest BCUT2D eigenvalue weighted by molar-refractivity contribution is -0.140. The van der Waals surface area contributed by atoms with Gasteiger partial charge < -0.3 is 10.4 Å². The van der Waals surface area contributed by atoms with Gasteiger partial charge in [-0.15, -0.1) is 0 Å². The Bertz CT molecular complexity index is 685. The third-order valence-corrected chi connectivity index (χ3v) is 3.19. The first-order valence-corrected chi connectivity index (χ1v) is 5.74. The molecule has 0 aliphatic carbocycles. The summed E-state index contributed by atoms with van der Waals surface area (Å²) in [5, 5.41) is 11.6. The van der Waals surface area contributed by atoms with Crippen molar-refractivity contribution in [2.75, 3.05) is 5.32 Å². The van der Waals surface area contributed by atoms with Crippen LogP contribution in [-0.2, 0) is 23.2 Å². The van der Waals surface area contributed by atoms with Crippen LogP contribution in [0.2, 0.25) is 0 Å². The lowest BCUT2D eigenvalue weighted by Crippen LogP contribution is -2.45. The summed E-state index contributed by atoms with van der Waals surface area (Å²) in [4.78, 5) is 46.7. The first-order valence-electron chi connectivity index (χ1n) is 5.74. The summed E-state index contributed by atoms with van der Waals surface area (Å²) < 4.78 is 2.04. The Labute approximate surface area is 107 Å². The van der Waals surface area contributed by atoms with Crippen molar-refractivity contribution < 1.29 is 14.7 Å². The minimum absolute atomic E-state index is 0.000694. The maximum Gasteiger partial charge on any atom is 0.332 e. The molecule has 1 aliphatic rings. The van der Waals surface area contributed by atoms with Crippen molar-refractivity contribution in [3.63, 3.8) is 0 Å². The zero-order valence-corrected chi connectivity index (χ0v) is 10.5. The molecule has 1 aliphatic heterocycles. The maximum atomic E-state index is 12.1. The minimum Gasteiger partial charge on any atom is -0.481 e. The van der Waals surface area contributed by atoms with Gasteiger partial charge in [0, 0.05) is 20.0 Å². The largest absolute Gasteiger partial charge is 0.481 e. The van der Waals surface area contributed by atoms with Crippen LogP contribution in [0.25, 0.3) is 0 Å². The molecule has 0 fully saturated rings. The van der Waals surface area contributed by atoms with E-state index in [2.05, 4.69) is 5.32 Å². The molecule has 2 rings (SSSR count). The standard InChI is InChI=1S/C11H13N3O5/c1-3-14-8-7(9(16)13(2)11(14)19)5(10(17)18)4-6(15)12-8/h5H,3-4H2,1-2H3,(H,12,15)(H,17,18)/t5-/m0/s1. The van der Waals surface area contributed by atoms with E-state index in [0.717, 1.165) is 4.57 Å². The maximum absolute atomic E-state index is 12.1. The Hall–Kier alpha value is -2.38. The average Bonchev–Trinajstić information content (AvgIpc) is 2.35. The van der Waals surface area contributed by atoms with Crippen LogP contribution < -0.4 is 16.6 Å². The Morgan fingerprint density at radius 2 is 2.05 bits per heavy atom. The normalized spacial score (nSPS) is 17.8. The topological polar surface area (TPSA) is 110 Å². The molecule has 0 saturated heterocycles. The number of fused-ring (bicyclic) bond motifs is 1. The molecule has 0 radical (unpaired) electrons. The number of anilines is 1. The molecule has 0 unspecified atom stereocenters. The number of aromatic nitrogens is 2. The van der Waals surface area contributed by atoms with Crippen molar-refractivity contribution in [3.05, 3.63) is 26.4 Å². The predicted octanol–water partition coefficient (Wildman–Crippen LogP) is -0.923. The van der Waals surface area contributed by atoms with Crippen molar-refractivity contribution in [1.29, 1.82) is 0 Å². The molecule has 1 atom stereocenters. The minimum atomic E-state index is -1.26. The second kappa shape index (κ2) is 4.38. The quantitative estimate of drug-likeness (QED) is 0.719. The number of hydrogen-bond acceptors (Lipinski definition) is 4. The number of hydrogen-bond donors (Lipinski definition) is 2. The summed E-state index contributed by atoms with van der Waals surface area (Å²) in [6.07, 6.45) is -0.306. The number of carbonyl (C=O) groups excluding carboxylic acids is 1. The Balaban J connectivity index is 2.88. The van der Waals surface area contributed by atoms with Crippen molar-refractivity contribution in [3.8, 4) is 0 Å². The molecule has 2 N–H and O–H groups in total. The number of carboxylic acid groups (broad SMARTS) is 1. The van der Waals surface area contributed by atoms with Crippen LogP contribution in [0, 0.1) is 0 Å². The molecule has 1 amide bonds. The fourth-order valence-electron chi connectivity index (χ4n) is 2.21. The number of carbonyl (C=O) groups is 2. The number of amides is 1. The van der Waals surface area contributed by atoms with Crippen LogP contribution in [0.4, 0.5) is 5.82 Å². The van der Waals surface area contributed by atoms with Gasteiger partial charge in [0.25, 0.3) is 5.56 Å². The van der Waals surface area contributed by atoms with Gasteiger partial charge in [0.15, 0.2) is 0 Å². The van der Waals surface area contributed by atoms with Crippen LogP contribution in [-0.4, -0.2) is 26.1 Å². The summed E-state index contributed by atoms with van der Waals surface area (Å²) in [7, 11) is 1.28. The van der Waals surface area contributed by atoms with Gasteiger partial charge in [-0.25, -0.2) is 4.79 Å². The number of nitrogens with zero attached hydrogens (tertiary/aromatic N) is 2. The van der Waals surface area contributed by atoms with Crippen LogP contribution in [0.3, 0.4) is 0 Å². The van der Waals surface area contributed by atoms with Gasteiger partial charge in [-0.1, -0.05) is 0 Å². The smallest absolute Gasteiger partial charge is 0.332 e. The molecule has 102 valence electrons. The number of rotatable bonds is 2. The fourth-order valence-corrected chi connectivity index (χ4v) is 2.21. The van der Waals surface area contributed by atoms with E-state index < -0.39 is 29.0 Å². The van der Waals surface area contributed by atoms with Gasteiger partial charge in [-0.2, -0.15) is 0 Å². The summed E-state index contributed by atoms with van der Waals surface area (Å²) in [5.41, 5.74) is -1.31. The molecule has 1 aromatic rings. The van der Waals surface area contributed by atoms with Gasteiger partial charge in [0.2, 0.25) is 5.91 Å². The number of nitrogens with one attached hydrogen (secondary N) is 1. The molecule has 1 aromatic heterocycles.